The molecule has 4 bridgehead atoms. The molecule has 2 aromatic heterocycles. The molecule has 2 fully saturated rings. The number of carbonyl (C=O) groups is 1. The molecule has 7 nitrogen and oxygen atoms in total. The van der Waals surface area contributed by atoms with Crippen molar-refractivity contribution >= 4 is 5.97 Å². The summed E-state index contributed by atoms with van der Waals surface area (Å²) in [4.78, 5) is 12.0. The van der Waals surface area contributed by atoms with E-state index < -0.39 is 45.5 Å². The zero-order chi connectivity index (χ0) is 33.7. The number of halogens is 4. The van der Waals surface area contributed by atoms with Crippen molar-refractivity contribution in [3.63, 3.8) is 0 Å². The number of carboxylic acids is 1. The number of rotatable bonds is 4. The molecule has 4 atom stereocenters. The maximum atomic E-state index is 14.0. The third-order valence-electron chi connectivity index (χ3n) is 12.1. The number of aliphatic hydroxyl groups is 1. The maximum Gasteiger partial charge on any atom is 0.316 e. The van der Waals surface area contributed by atoms with E-state index in [1.54, 1.807) is 12.1 Å². The minimum atomic E-state index is -1.08. The van der Waals surface area contributed by atoms with Crippen LogP contribution in [0, 0.1) is 34.1 Å². The Kier molecular flexibility index (Phi) is 6.92. The van der Waals surface area contributed by atoms with Crippen LogP contribution in [0.4, 0.5) is 17.6 Å². The first-order chi connectivity index (χ1) is 22.2. The zero-order valence-corrected chi connectivity index (χ0v) is 26.4. The predicted octanol–water partition coefficient (Wildman–Crippen LogP) is 7.23. The second-order valence-electron chi connectivity index (χ2n) is 14.3. The minimum Gasteiger partial charge on any atom is -0.481 e. The molecule has 4 aromatic rings. The average molecular weight is 647 g/mol. The standard InChI is InChI=1S/C18H16F2N2O2.C18H18F2N2O/c1-17(2)10-6-7-18(17,16(23)24)15-9(10)8-13(21-22-15)14-11(19)4-3-5-12(14)20;1-17(2)11-6-7-18(17,9-23)16-10(11)8-14(21-22-16)15-12(19)4-3-5-13(15)20/h3-5,8,10H,6-7H2,1-2H3,(H,23,24);3-5,8,11,23H,6-7,9H2,1-2H3/t10-,18+;11-,18-/m00/s1. The van der Waals surface area contributed by atoms with Crippen molar-refractivity contribution in [3.05, 3.63) is 94.3 Å². The number of benzene rings is 2. The highest BCUT2D eigenvalue weighted by molar-refractivity contribution is 5.86. The molecule has 0 spiro atoms. The fraction of sp³-hybridized carbons (Fsp3) is 0.417. The molecule has 0 saturated heterocycles. The van der Waals surface area contributed by atoms with E-state index in [9.17, 15) is 32.6 Å². The van der Waals surface area contributed by atoms with E-state index in [0.29, 0.717) is 12.1 Å². The predicted molar refractivity (Wildman–Crippen MR) is 164 cm³/mol. The highest BCUT2D eigenvalue weighted by Gasteiger charge is 2.68. The Morgan fingerprint density at radius 1 is 0.723 bits per heavy atom. The minimum absolute atomic E-state index is 0.00677. The number of hydrogen-bond donors (Lipinski definition) is 2. The largest absolute Gasteiger partial charge is 0.481 e. The Morgan fingerprint density at radius 3 is 1.66 bits per heavy atom. The summed E-state index contributed by atoms with van der Waals surface area (Å²) in [6.07, 6.45) is 3.05. The smallest absolute Gasteiger partial charge is 0.316 e. The second kappa shape index (κ2) is 10.4. The Bertz CT molecular complexity index is 1930. The fourth-order valence-electron chi connectivity index (χ4n) is 9.30. The number of hydrogen-bond acceptors (Lipinski definition) is 6. The molecule has 2 aromatic carbocycles. The summed E-state index contributed by atoms with van der Waals surface area (Å²) < 4.78 is 56.1. The van der Waals surface area contributed by atoms with E-state index in [-0.39, 0.29) is 46.4 Å². The molecule has 47 heavy (non-hydrogen) atoms. The normalized spacial score (nSPS) is 26.8. The first kappa shape index (κ1) is 31.4. The van der Waals surface area contributed by atoms with Crippen LogP contribution in [0.2, 0.25) is 0 Å². The van der Waals surface area contributed by atoms with Gasteiger partial charge in [-0.05, 0) is 95.9 Å². The Labute approximate surface area is 269 Å². The number of carboxylic acid groups (broad SMARTS) is 1. The molecule has 244 valence electrons. The lowest BCUT2D eigenvalue weighted by molar-refractivity contribution is -0.147. The monoisotopic (exact) mass is 646 g/mol. The highest BCUT2D eigenvalue weighted by Crippen LogP contribution is 2.68. The summed E-state index contributed by atoms with van der Waals surface area (Å²) in [6.45, 7) is 8.12. The fourth-order valence-corrected chi connectivity index (χ4v) is 9.30. The Hall–Kier alpha value is -4.25. The number of aliphatic hydroxyl groups excluding tert-OH is 1. The molecule has 4 aliphatic rings. The summed E-state index contributed by atoms with van der Waals surface area (Å²) in [5.74, 6) is -3.38. The quantitative estimate of drug-likeness (QED) is 0.225. The molecule has 4 aliphatic carbocycles. The number of nitrogens with zero attached hydrogens (tertiary/aromatic N) is 4. The van der Waals surface area contributed by atoms with Gasteiger partial charge in [0.05, 0.1) is 40.5 Å². The van der Waals surface area contributed by atoms with Gasteiger partial charge in [0.2, 0.25) is 0 Å². The molecule has 11 heteroatoms. The summed E-state index contributed by atoms with van der Waals surface area (Å²) in [7, 11) is 0. The van der Waals surface area contributed by atoms with Gasteiger partial charge in [0.1, 0.15) is 28.7 Å². The van der Waals surface area contributed by atoms with Gasteiger partial charge in [-0.15, -0.1) is 5.10 Å². The van der Waals surface area contributed by atoms with Crippen molar-refractivity contribution in [2.45, 2.75) is 76.0 Å². The van der Waals surface area contributed by atoms with Gasteiger partial charge in [0.15, 0.2) is 0 Å². The molecule has 2 heterocycles. The van der Waals surface area contributed by atoms with Crippen LogP contribution in [-0.4, -0.2) is 43.2 Å². The number of fused-ring (bicyclic) bond motifs is 10. The maximum absolute atomic E-state index is 14.0. The van der Waals surface area contributed by atoms with Gasteiger partial charge in [0.25, 0.3) is 0 Å². The molecule has 2 N–H and O–H groups in total. The third-order valence-corrected chi connectivity index (χ3v) is 12.1. The lowest BCUT2D eigenvalue weighted by Gasteiger charge is -2.35. The summed E-state index contributed by atoms with van der Waals surface area (Å²) in [5.41, 5.74) is 0.803. The van der Waals surface area contributed by atoms with Gasteiger partial charge in [-0.1, -0.05) is 39.8 Å². The molecule has 0 amide bonds. The number of aromatic nitrogens is 4. The van der Waals surface area contributed by atoms with Crippen LogP contribution in [0.1, 0.15) is 87.7 Å². The van der Waals surface area contributed by atoms with Gasteiger partial charge >= 0.3 is 5.97 Å². The van der Waals surface area contributed by atoms with Crippen LogP contribution in [0.25, 0.3) is 22.5 Å². The van der Waals surface area contributed by atoms with Crippen molar-refractivity contribution in [2.75, 3.05) is 6.61 Å². The topological polar surface area (TPSA) is 109 Å². The summed E-state index contributed by atoms with van der Waals surface area (Å²) >= 11 is 0. The van der Waals surface area contributed by atoms with Gasteiger partial charge < -0.3 is 10.2 Å². The van der Waals surface area contributed by atoms with Gasteiger partial charge in [-0.25, -0.2) is 17.6 Å². The first-order valence-electron chi connectivity index (χ1n) is 15.7. The van der Waals surface area contributed by atoms with E-state index in [1.807, 2.05) is 13.8 Å². The van der Waals surface area contributed by atoms with Gasteiger partial charge in [0, 0.05) is 5.41 Å². The average Bonchev–Trinajstić information content (AvgIpc) is 3.60. The van der Waals surface area contributed by atoms with Crippen LogP contribution >= 0.6 is 0 Å². The SMILES string of the molecule is CC1(C)[C@H]2CC[C@]1(C(=O)O)c1nnc(-c3c(F)cccc3F)cc12.CC1(C)[C@H]2CC[C@]1(CO)c1nnc(-c3c(F)cccc3F)cc12. The molecule has 0 radical (unpaired) electrons. The first-order valence-corrected chi connectivity index (χ1v) is 15.7. The van der Waals surface area contributed by atoms with Gasteiger partial charge in [-0.2, -0.15) is 15.3 Å². The summed E-state index contributed by atoms with van der Waals surface area (Å²) in [6, 6.07) is 10.8. The van der Waals surface area contributed by atoms with Crippen LogP contribution in [-0.2, 0) is 15.6 Å². The molecular formula is C36H34F4N4O3. The van der Waals surface area contributed by atoms with Crippen molar-refractivity contribution in [2.24, 2.45) is 10.8 Å². The lowest BCUT2D eigenvalue weighted by atomic mass is 9.68. The van der Waals surface area contributed by atoms with Crippen LogP contribution < -0.4 is 0 Å². The Balaban J connectivity index is 0.000000150. The van der Waals surface area contributed by atoms with E-state index in [0.717, 1.165) is 36.1 Å². The van der Waals surface area contributed by atoms with Crippen LogP contribution in [0.3, 0.4) is 0 Å². The van der Waals surface area contributed by atoms with Crippen molar-refractivity contribution in [3.8, 4) is 22.5 Å². The van der Waals surface area contributed by atoms with Crippen LogP contribution in [0.5, 0.6) is 0 Å². The zero-order valence-electron chi connectivity index (χ0n) is 26.4. The Morgan fingerprint density at radius 2 is 1.17 bits per heavy atom. The summed E-state index contributed by atoms with van der Waals surface area (Å²) in [5, 5.41) is 36.3. The third kappa shape index (κ3) is 3.98. The highest BCUT2D eigenvalue weighted by atomic mass is 19.1. The van der Waals surface area contributed by atoms with E-state index >= 15 is 0 Å². The molecule has 8 rings (SSSR count). The second-order valence-corrected chi connectivity index (χ2v) is 14.3. The molecule has 2 saturated carbocycles. The number of aliphatic carboxylic acids is 1. The van der Waals surface area contributed by atoms with Crippen LogP contribution in [0.15, 0.2) is 48.5 Å². The van der Waals surface area contributed by atoms with Crippen molar-refractivity contribution < 1.29 is 32.6 Å². The van der Waals surface area contributed by atoms with Crippen molar-refractivity contribution in [1.82, 2.24) is 20.4 Å². The molecule has 0 aliphatic heterocycles. The molecule has 0 unspecified atom stereocenters. The van der Waals surface area contributed by atoms with E-state index in [1.165, 1.54) is 36.4 Å². The lowest BCUT2D eigenvalue weighted by Crippen LogP contribution is -2.43. The van der Waals surface area contributed by atoms with E-state index in [2.05, 4.69) is 34.2 Å². The van der Waals surface area contributed by atoms with E-state index in [4.69, 9.17) is 0 Å². The molecular weight excluding hydrogens is 612 g/mol. The van der Waals surface area contributed by atoms with Gasteiger partial charge in [-0.3, -0.25) is 4.79 Å². The van der Waals surface area contributed by atoms with Crippen molar-refractivity contribution in [1.29, 1.82) is 0 Å².